The number of aromatic amines is 1. The monoisotopic (exact) mass is 224 g/mol. The minimum atomic E-state index is 0.704. The van der Waals surface area contributed by atoms with Gasteiger partial charge in [0.05, 0.1) is 0 Å². The van der Waals surface area contributed by atoms with Gasteiger partial charge in [-0.1, -0.05) is 0 Å². The zero-order chi connectivity index (χ0) is 8.39. The van der Waals surface area contributed by atoms with Crippen LogP contribution in [-0.4, -0.2) is 20.4 Å². The zero-order valence-corrected chi connectivity index (χ0v) is 7.62. The number of pyridine rings is 1. The van der Waals surface area contributed by atoms with Crippen molar-refractivity contribution in [3.63, 3.8) is 0 Å². The van der Waals surface area contributed by atoms with Crippen molar-refractivity contribution in [2.24, 2.45) is 0 Å². The molecule has 2 aromatic rings. The van der Waals surface area contributed by atoms with E-state index in [4.69, 9.17) is 0 Å². The van der Waals surface area contributed by atoms with Gasteiger partial charge in [0, 0.05) is 18.0 Å². The second-order valence-corrected chi connectivity index (χ2v) is 2.96. The second kappa shape index (κ2) is 3.02. The van der Waals surface area contributed by atoms with Crippen molar-refractivity contribution in [1.82, 2.24) is 20.4 Å². The van der Waals surface area contributed by atoms with Crippen molar-refractivity contribution in [2.75, 3.05) is 0 Å². The molecule has 0 fully saturated rings. The Morgan fingerprint density at radius 1 is 1.33 bits per heavy atom. The van der Waals surface area contributed by atoms with Gasteiger partial charge in [0.1, 0.15) is 5.69 Å². The molecule has 0 bridgehead atoms. The maximum atomic E-state index is 3.98. The smallest absolute Gasteiger partial charge is 0.156 e. The SMILES string of the molecule is Brc1n[nH]nc1-c1cccnc1. The van der Waals surface area contributed by atoms with Gasteiger partial charge in [-0.05, 0) is 28.1 Å². The van der Waals surface area contributed by atoms with E-state index in [-0.39, 0.29) is 0 Å². The highest BCUT2D eigenvalue weighted by atomic mass is 79.9. The van der Waals surface area contributed by atoms with Gasteiger partial charge in [0.25, 0.3) is 0 Å². The highest BCUT2D eigenvalue weighted by Gasteiger charge is 2.05. The van der Waals surface area contributed by atoms with Crippen LogP contribution in [-0.2, 0) is 0 Å². The first-order valence-corrected chi connectivity index (χ1v) is 4.14. The summed E-state index contributed by atoms with van der Waals surface area (Å²) >= 11 is 3.27. The van der Waals surface area contributed by atoms with Crippen LogP contribution in [0.15, 0.2) is 29.1 Å². The van der Waals surface area contributed by atoms with Gasteiger partial charge in [0.15, 0.2) is 4.60 Å². The number of halogens is 1. The average Bonchev–Trinajstić information content (AvgIpc) is 2.53. The molecule has 2 aromatic heterocycles. The summed E-state index contributed by atoms with van der Waals surface area (Å²) in [5.74, 6) is 0. The number of nitrogens with one attached hydrogen (secondary N) is 1. The molecule has 2 rings (SSSR count). The van der Waals surface area contributed by atoms with E-state index in [1.54, 1.807) is 12.4 Å². The summed E-state index contributed by atoms with van der Waals surface area (Å²) in [6.07, 6.45) is 3.46. The minimum absolute atomic E-state index is 0.704. The molecule has 0 aromatic carbocycles. The Balaban J connectivity index is 2.51. The van der Waals surface area contributed by atoms with Gasteiger partial charge in [-0.2, -0.15) is 10.3 Å². The van der Waals surface area contributed by atoms with Crippen LogP contribution < -0.4 is 0 Å². The fourth-order valence-electron chi connectivity index (χ4n) is 0.904. The predicted octanol–water partition coefficient (Wildman–Crippen LogP) is 1.63. The molecule has 0 aliphatic heterocycles. The van der Waals surface area contributed by atoms with Crippen LogP contribution in [0.1, 0.15) is 0 Å². The van der Waals surface area contributed by atoms with Gasteiger partial charge in [-0.15, -0.1) is 5.10 Å². The van der Waals surface area contributed by atoms with Gasteiger partial charge in [-0.25, -0.2) is 0 Å². The van der Waals surface area contributed by atoms with E-state index in [1.165, 1.54) is 0 Å². The summed E-state index contributed by atoms with van der Waals surface area (Å²) in [5.41, 5.74) is 1.72. The van der Waals surface area contributed by atoms with Crippen LogP contribution in [0.3, 0.4) is 0 Å². The standard InChI is InChI=1S/C7H5BrN4/c8-7-6(10-12-11-7)5-2-1-3-9-4-5/h1-4H,(H,10,11,12). The van der Waals surface area contributed by atoms with Crippen molar-refractivity contribution in [3.8, 4) is 11.3 Å². The van der Waals surface area contributed by atoms with E-state index in [0.29, 0.717) is 4.60 Å². The summed E-state index contributed by atoms with van der Waals surface area (Å²) in [7, 11) is 0. The molecular formula is C7H5BrN4. The van der Waals surface area contributed by atoms with Crippen molar-refractivity contribution in [3.05, 3.63) is 29.1 Å². The molecule has 0 spiro atoms. The third kappa shape index (κ3) is 1.23. The molecule has 60 valence electrons. The summed E-state index contributed by atoms with van der Waals surface area (Å²) < 4.78 is 0.704. The average molecular weight is 225 g/mol. The molecule has 0 saturated heterocycles. The predicted molar refractivity (Wildman–Crippen MR) is 47.3 cm³/mol. The van der Waals surface area contributed by atoms with Gasteiger partial charge in [0.2, 0.25) is 0 Å². The van der Waals surface area contributed by atoms with Crippen LogP contribution in [0, 0.1) is 0 Å². The molecule has 12 heavy (non-hydrogen) atoms. The Kier molecular flexibility index (Phi) is 1.87. The molecule has 0 aliphatic rings. The van der Waals surface area contributed by atoms with E-state index in [2.05, 4.69) is 36.3 Å². The highest BCUT2D eigenvalue weighted by molar-refractivity contribution is 9.10. The lowest BCUT2D eigenvalue weighted by Crippen LogP contribution is -1.79. The normalized spacial score (nSPS) is 10.1. The fourth-order valence-corrected chi connectivity index (χ4v) is 1.30. The van der Waals surface area contributed by atoms with Gasteiger partial charge in [-0.3, -0.25) is 4.98 Å². The number of hydrogen-bond acceptors (Lipinski definition) is 3. The Morgan fingerprint density at radius 3 is 2.83 bits per heavy atom. The molecule has 5 heteroatoms. The van der Waals surface area contributed by atoms with Crippen LogP contribution in [0.2, 0.25) is 0 Å². The number of aromatic nitrogens is 4. The van der Waals surface area contributed by atoms with Gasteiger partial charge >= 0.3 is 0 Å². The van der Waals surface area contributed by atoms with E-state index in [0.717, 1.165) is 11.3 Å². The van der Waals surface area contributed by atoms with E-state index in [1.807, 2.05) is 12.1 Å². The number of nitrogens with zero attached hydrogens (tertiary/aromatic N) is 3. The van der Waals surface area contributed by atoms with Crippen LogP contribution in [0.5, 0.6) is 0 Å². The molecule has 1 N–H and O–H groups in total. The van der Waals surface area contributed by atoms with E-state index in [9.17, 15) is 0 Å². The molecule has 4 nitrogen and oxygen atoms in total. The third-order valence-electron chi connectivity index (χ3n) is 1.44. The number of rotatable bonds is 1. The zero-order valence-electron chi connectivity index (χ0n) is 6.03. The molecule has 2 heterocycles. The quantitative estimate of drug-likeness (QED) is 0.802. The maximum Gasteiger partial charge on any atom is 0.156 e. The van der Waals surface area contributed by atoms with Crippen molar-refractivity contribution < 1.29 is 0 Å². The first-order valence-electron chi connectivity index (χ1n) is 3.34. The summed E-state index contributed by atoms with van der Waals surface area (Å²) in [6, 6.07) is 3.78. The number of hydrogen-bond donors (Lipinski definition) is 1. The lowest BCUT2D eigenvalue weighted by molar-refractivity contribution is 0.935. The Bertz CT molecular complexity index is 370. The largest absolute Gasteiger partial charge is 0.264 e. The highest BCUT2D eigenvalue weighted by Crippen LogP contribution is 2.21. The van der Waals surface area contributed by atoms with E-state index >= 15 is 0 Å². The molecule has 0 amide bonds. The lowest BCUT2D eigenvalue weighted by Gasteiger charge is -1.92. The first kappa shape index (κ1) is 7.42. The minimum Gasteiger partial charge on any atom is -0.264 e. The van der Waals surface area contributed by atoms with Crippen LogP contribution >= 0.6 is 15.9 Å². The van der Waals surface area contributed by atoms with Crippen molar-refractivity contribution in [1.29, 1.82) is 0 Å². The molecule has 0 atom stereocenters. The van der Waals surface area contributed by atoms with E-state index < -0.39 is 0 Å². The Morgan fingerprint density at radius 2 is 2.25 bits per heavy atom. The Hall–Kier alpha value is -1.23. The van der Waals surface area contributed by atoms with Crippen LogP contribution in [0.4, 0.5) is 0 Å². The van der Waals surface area contributed by atoms with Crippen LogP contribution in [0.25, 0.3) is 11.3 Å². The van der Waals surface area contributed by atoms with Gasteiger partial charge < -0.3 is 0 Å². The number of H-pyrrole nitrogens is 1. The summed E-state index contributed by atoms with van der Waals surface area (Å²) in [6.45, 7) is 0. The molecule has 0 radical (unpaired) electrons. The maximum absolute atomic E-state index is 3.98. The first-order chi connectivity index (χ1) is 5.88. The molecule has 0 aliphatic carbocycles. The third-order valence-corrected chi connectivity index (χ3v) is 1.99. The molecule has 0 saturated carbocycles. The van der Waals surface area contributed by atoms with Crippen molar-refractivity contribution >= 4 is 15.9 Å². The lowest BCUT2D eigenvalue weighted by atomic mass is 10.2. The fraction of sp³-hybridized carbons (Fsp3) is 0. The Labute approximate surface area is 77.2 Å². The molecular weight excluding hydrogens is 220 g/mol. The van der Waals surface area contributed by atoms with Crippen molar-refractivity contribution in [2.45, 2.75) is 0 Å². The second-order valence-electron chi connectivity index (χ2n) is 2.20. The summed E-state index contributed by atoms with van der Waals surface area (Å²) in [5, 5.41) is 10.3. The topological polar surface area (TPSA) is 54.5 Å². The summed E-state index contributed by atoms with van der Waals surface area (Å²) in [4.78, 5) is 3.98. The molecule has 0 unspecified atom stereocenters.